The maximum absolute atomic E-state index is 13.3. The number of nitrogens with one attached hydrogen (secondary N) is 3. The quantitative estimate of drug-likeness (QED) is 0.632. The van der Waals surface area contributed by atoms with Crippen molar-refractivity contribution in [2.24, 2.45) is 11.0 Å². The van der Waals surface area contributed by atoms with Gasteiger partial charge in [0.25, 0.3) is 5.91 Å². The van der Waals surface area contributed by atoms with E-state index in [9.17, 15) is 14.4 Å². The zero-order chi connectivity index (χ0) is 21.0. The van der Waals surface area contributed by atoms with Gasteiger partial charge in [0.2, 0.25) is 11.8 Å². The standard InChI is InChI=1S/C20H26ClN5O3/c1-22-18(27)15-16(25-24-13-10-8-12(21)9-11-13)20(29)26(17(15)19(28)23-2)14-6-4-3-5-7-14/h8-11,14-15,17,24H,3-7H2,1-2H3,(H,22,27)(H,23,28)/b25-16+/t15-,17-/m0/s1. The monoisotopic (exact) mass is 419 g/mol. The predicted molar refractivity (Wildman–Crippen MR) is 112 cm³/mol. The number of nitrogens with zero attached hydrogens (tertiary/aromatic N) is 2. The van der Waals surface area contributed by atoms with Crippen molar-refractivity contribution < 1.29 is 14.4 Å². The Kier molecular flexibility index (Phi) is 6.74. The lowest BCUT2D eigenvalue weighted by molar-refractivity contribution is -0.139. The summed E-state index contributed by atoms with van der Waals surface area (Å²) in [5, 5.41) is 10.0. The maximum atomic E-state index is 13.3. The summed E-state index contributed by atoms with van der Waals surface area (Å²) in [6.07, 6.45) is 4.74. The van der Waals surface area contributed by atoms with Crippen molar-refractivity contribution in [2.75, 3.05) is 19.5 Å². The second kappa shape index (κ2) is 9.26. The number of anilines is 1. The van der Waals surface area contributed by atoms with Crippen LogP contribution in [-0.2, 0) is 14.4 Å². The molecule has 9 heteroatoms. The number of hydrogen-bond donors (Lipinski definition) is 3. The molecule has 2 atom stereocenters. The lowest BCUT2D eigenvalue weighted by Crippen LogP contribution is -2.53. The number of likely N-dealkylation sites (tertiary alicyclic amines) is 1. The first-order valence-corrected chi connectivity index (χ1v) is 10.2. The van der Waals surface area contributed by atoms with Crippen LogP contribution in [-0.4, -0.2) is 54.5 Å². The largest absolute Gasteiger partial charge is 0.359 e. The van der Waals surface area contributed by atoms with Crippen LogP contribution < -0.4 is 16.1 Å². The van der Waals surface area contributed by atoms with Gasteiger partial charge in [-0.25, -0.2) is 0 Å². The molecule has 0 bridgehead atoms. The molecule has 2 fully saturated rings. The number of hydrazone groups is 1. The minimum Gasteiger partial charge on any atom is -0.359 e. The summed E-state index contributed by atoms with van der Waals surface area (Å²) >= 11 is 5.90. The topological polar surface area (TPSA) is 103 Å². The van der Waals surface area contributed by atoms with Gasteiger partial charge in [0.1, 0.15) is 17.7 Å². The van der Waals surface area contributed by atoms with E-state index in [0.29, 0.717) is 10.7 Å². The molecule has 1 aliphatic heterocycles. The van der Waals surface area contributed by atoms with E-state index in [1.807, 2.05) is 0 Å². The third-order valence-electron chi connectivity index (χ3n) is 5.53. The van der Waals surface area contributed by atoms with Crippen molar-refractivity contribution in [3.8, 4) is 0 Å². The molecule has 0 spiro atoms. The van der Waals surface area contributed by atoms with Gasteiger partial charge >= 0.3 is 0 Å². The van der Waals surface area contributed by atoms with Crippen LogP contribution in [0.4, 0.5) is 5.69 Å². The number of likely N-dealkylation sites (N-methyl/N-ethyl adjacent to an activating group) is 1. The molecule has 1 aromatic carbocycles. The van der Waals surface area contributed by atoms with E-state index in [2.05, 4.69) is 21.2 Å². The van der Waals surface area contributed by atoms with Crippen LogP contribution in [0.1, 0.15) is 32.1 Å². The average molecular weight is 420 g/mol. The molecule has 1 aromatic rings. The highest BCUT2D eigenvalue weighted by atomic mass is 35.5. The summed E-state index contributed by atoms with van der Waals surface area (Å²) in [5.41, 5.74) is 3.49. The van der Waals surface area contributed by atoms with Gasteiger partial charge in [-0.15, -0.1) is 0 Å². The Hall–Kier alpha value is -2.61. The summed E-state index contributed by atoms with van der Waals surface area (Å²) in [6.45, 7) is 0. The Morgan fingerprint density at radius 3 is 2.24 bits per heavy atom. The molecule has 0 radical (unpaired) electrons. The molecular weight excluding hydrogens is 394 g/mol. The summed E-state index contributed by atoms with van der Waals surface area (Å²) in [4.78, 5) is 40.3. The van der Waals surface area contributed by atoms with Crippen molar-refractivity contribution in [1.29, 1.82) is 0 Å². The first-order valence-electron chi connectivity index (χ1n) is 9.83. The molecule has 1 saturated heterocycles. The second-order valence-electron chi connectivity index (χ2n) is 7.27. The van der Waals surface area contributed by atoms with Crippen LogP contribution in [0.5, 0.6) is 0 Å². The zero-order valence-corrected chi connectivity index (χ0v) is 17.3. The fourth-order valence-corrected chi connectivity index (χ4v) is 4.20. The van der Waals surface area contributed by atoms with Gasteiger partial charge in [-0.3, -0.25) is 19.8 Å². The summed E-state index contributed by atoms with van der Waals surface area (Å²) in [5.74, 6) is -2.15. The van der Waals surface area contributed by atoms with Crippen molar-refractivity contribution in [1.82, 2.24) is 15.5 Å². The number of rotatable bonds is 5. The minimum absolute atomic E-state index is 0.0403. The molecule has 0 aromatic heterocycles. The molecule has 1 aliphatic carbocycles. The first-order chi connectivity index (χ1) is 14.0. The van der Waals surface area contributed by atoms with Crippen LogP contribution in [0.25, 0.3) is 0 Å². The van der Waals surface area contributed by atoms with Crippen molar-refractivity contribution in [3.63, 3.8) is 0 Å². The third kappa shape index (κ3) is 4.37. The number of halogens is 1. The molecule has 3 amide bonds. The highest BCUT2D eigenvalue weighted by molar-refractivity contribution is 6.46. The average Bonchev–Trinajstić information content (AvgIpc) is 3.05. The van der Waals surface area contributed by atoms with Crippen molar-refractivity contribution >= 4 is 40.7 Å². The highest BCUT2D eigenvalue weighted by Gasteiger charge is 2.54. The number of hydrogen-bond acceptors (Lipinski definition) is 5. The van der Waals surface area contributed by atoms with Gasteiger partial charge in [0, 0.05) is 25.2 Å². The zero-order valence-electron chi connectivity index (χ0n) is 16.6. The molecule has 29 heavy (non-hydrogen) atoms. The van der Waals surface area contributed by atoms with Gasteiger partial charge in [0.15, 0.2) is 0 Å². The molecule has 8 nitrogen and oxygen atoms in total. The Balaban J connectivity index is 1.98. The smallest absolute Gasteiger partial charge is 0.271 e. The lowest BCUT2D eigenvalue weighted by atomic mass is 9.92. The Morgan fingerprint density at radius 2 is 1.66 bits per heavy atom. The Morgan fingerprint density at radius 1 is 1.03 bits per heavy atom. The summed E-state index contributed by atoms with van der Waals surface area (Å²) < 4.78 is 0. The molecule has 1 saturated carbocycles. The van der Waals surface area contributed by atoms with Gasteiger partial charge in [-0.05, 0) is 37.1 Å². The van der Waals surface area contributed by atoms with Crippen LogP contribution >= 0.6 is 11.6 Å². The Bertz CT molecular complexity index is 805. The van der Waals surface area contributed by atoms with E-state index in [1.165, 1.54) is 14.1 Å². The molecule has 3 N–H and O–H groups in total. The number of carbonyl (C=O) groups excluding carboxylic acids is 3. The third-order valence-corrected chi connectivity index (χ3v) is 5.78. The number of amides is 3. The first kappa shape index (κ1) is 21.1. The van der Waals surface area contributed by atoms with Gasteiger partial charge < -0.3 is 15.5 Å². The molecule has 156 valence electrons. The second-order valence-corrected chi connectivity index (χ2v) is 7.71. The van der Waals surface area contributed by atoms with E-state index >= 15 is 0 Å². The highest BCUT2D eigenvalue weighted by Crippen LogP contribution is 2.33. The van der Waals surface area contributed by atoms with Crippen molar-refractivity contribution in [2.45, 2.75) is 44.2 Å². The predicted octanol–water partition coefficient (Wildman–Crippen LogP) is 1.76. The molecule has 0 unspecified atom stereocenters. The SMILES string of the molecule is CNC(=O)[C@@H]1[C@@H](C(=O)NC)/C(=N\Nc2ccc(Cl)cc2)C(=O)N1C1CCCCC1. The van der Waals surface area contributed by atoms with Crippen LogP contribution in [0.15, 0.2) is 29.4 Å². The molecule has 1 heterocycles. The van der Waals surface area contributed by atoms with E-state index in [0.717, 1.165) is 32.1 Å². The summed E-state index contributed by atoms with van der Waals surface area (Å²) in [6, 6.07) is 5.83. The molecule has 3 rings (SSSR count). The van der Waals surface area contributed by atoms with E-state index in [1.54, 1.807) is 29.2 Å². The summed E-state index contributed by atoms with van der Waals surface area (Å²) in [7, 11) is 3.00. The Labute approximate surface area is 175 Å². The molecule has 2 aliphatic rings. The fraction of sp³-hybridized carbons (Fsp3) is 0.500. The fourth-order valence-electron chi connectivity index (χ4n) is 4.07. The van der Waals surface area contributed by atoms with Gasteiger partial charge in [-0.1, -0.05) is 30.9 Å². The number of carbonyl (C=O) groups is 3. The van der Waals surface area contributed by atoms with Crippen LogP contribution in [0.3, 0.4) is 0 Å². The van der Waals surface area contributed by atoms with Gasteiger partial charge in [0.05, 0.1) is 5.69 Å². The van der Waals surface area contributed by atoms with Gasteiger partial charge in [-0.2, -0.15) is 5.10 Å². The number of benzene rings is 1. The minimum atomic E-state index is -0.992. The van der Waals surface area contributed by atoms with Crippen molar-refractivity contribution in [3.05, 3.63) is 29.3 Å². The van der Waals surface area contributed by atoms with E-state index in [4.69, 9.17) is 11.6 Å². The van der Waals surface area contributed by atoms with E-state index in [-0.39, 0.29) is 23.6 Å². The molecular formula is C20H26ClN5O3. The van der Waals surface area contributed by atoms with Crippen LogP contribution in [0.2, 0.25) is 5.02 Å². The normalized spacial score (nSPS) is 23.9. The maximum Gasteiger partial charge on any atom is 0.271 e. The van der Waals surface area contributed by atoms with E-state index < -0.39 is 17.9 Å². The van der Waals surface area contributed by atoms with Crippen LogP contribution in [0, 0.1) is 5.92 Å². The lowest BCUT2D eigenvalue weighted by Gasteiger charge is -2.35.